The van der Waals surface area contributed by atoms with Crippen molar-refractivity contribution in [1.82, 2.24) is 9.55 Å². The van der Waals surface area contributed by atoms with Crippen LogP contribution in [0.15, 0.2) is 78.9 Å². The quantitative estimate of drug-likeness (QED) is 0.460. The van der Waals surface area contributed by atoms with Crippen LogP contribution in [0.2, 0.25) is 5.02 Å². The molecule has 1 aromatic heterocycles. The van der Waals surface area contributed by atoms with Gasteiger partial charge in [0.2, 0.25) is 0 Å². The first-order valence-corrected chi connectivity index (χ1v) is 8.16. The highest BCUT2D eigenvalue weighted by Gasteiger charge is 2.10. The monoisotopic (exact) mass is 330 g/mol. The van der Waals surface area contributed by atoms with Gasteiger partial charge in [-0.15, -0.1) is 0 Å². The van der Waals surface area contributed by atoms with Crippen LogP contribution < -0.4 is 0 Å². The minimum absolute atomic E-state index is 0.693. The highest BCUT2D eigenvalue weighted by Crippen LogP contribution is 2.25. The van der Waals surface area contributed by atoms with Crippen molar-refractivity contribution in [3.63, 3.8) is 0 Å². The molecule has 0 aliphatic rings. The van der Waals surface area contributed by atoms with Crippen LogP contribution in [-0.2, 0) is 0 Å². The van der Waals surface area contributed by atoms with E-state index in [1.165, 1.54) is 0 Å². The van der Waals surface area contributed by atoms with Crippen LogP contribution in [0.3, 0.4) is 0 Å². The summed E-state index contributed by atoms with van der Waals surface area (Å²) in [5, 5.41) is 0.693. The number of para-hydroxylation sites is 1. The molecule has 3 heteroatoms. The van der Waals surface area contributed by atoms with E-state index in [9.17, 15) is 0 Å². The van der Waals surface area contributed by atoms with Gasteiger partial charge in [-0.05, 0) is 42.0 Å². The van der Waals surface area contributed by atoms with Crippen molar-refractivity contribution in [3.05, 3.63) is 95.3 Å². The summed E-state index contributed by atoms with van der Waals surface area (Å²) in [6.07, 6.45) is 4.11. The number of imidazole rings is 1. The zero-order chi connectivity index (χ0) is 16.4. The fourth-order valence-electron chi connectivity index (χ4n) is 2.77. The SMILES string of the molecule is Clc1ccc2c(c1)nc(C=Cc1ccccc1)n2-c1ccccc1. The van der Waals surface area contributed by atoms with Crippen molar-refractivity contribution >= 4 is 34.8 Å². The van der Waals surface area contributed by atoms with Crippen molar-refractivity contribution < 1.29 is 0 Å². The topological polar surface area (TPSA) is 17.8 Å². The highest BCUT2D eigenvalue weighted by atomic mass is 35.5. The third kappa shape index (κ3) is 2.84. The summed E-state index contributed by atoms with van der Waals surface area (Å²) >= 11 is 6.13. The second kappa shape index (κ2) is 6.34. The average Bonchev–Trinajstić information content (AvgIpc) is 2.99. The molecule has 0 bridgehead atoms. The number of benzene rings is 3. The molecule has 2 nitrogen and oxygen atoms in total. The van der Waals surface area contributed by atoms with E-state index in [1.807, 2.05) is 60.7 Å². The first-order chi connectivity index (χ1) is 11.8. The lowest BCUT2D eigenvalue weighted by atomic mass is 10.2. The second-order valence-corrected chi connectivity index (χ2v) is 5.95. The van der Waals surface area contributed by atoms with Gasteiger partial charge in [0, 0.05) is 10.7 Å². The summed E-state index contributed by atoms with van der Waals surface area (Å²) in [5.41, 5.74) is 4.15. The minimum atomic E-state index is 0.693. The molecule has 0 aliphatic carbocycles. The van der Waals surface area contributed by atoms with E-state index in [0.717, 1.165) is 28.1 Å². The highest BCUT2D eigenvalue weighted by molar-refractivity contribution is 6.31. The molecule has 0 spiro atoms. The lowest BCUT2D eigenvalue weighted by Crippen LogP contribution is -1.96. The summed E-state index contributed by atoms with van der Waals surface area (Å²) in [5.74, 6) is 0.877. The van der Waals surface area contributed by atoms with Crippen LogP contribution >= 0.6 is 11.6 Å². The lowest BCUT2D eigenvalue weighted by molar-refractivity contribution is 1.07. The number of rotatable bonds is 3. The number of nitrogens with zero attached hydrogens (tertiary/aromatic N) is 2. The number of hydrogen-bond acceptors (Lipinski definition) is 1. The molecule has 0 N–H and O–H groups in total. The van der Waals surface area contributed by atoms with Crippen LogP contribution in [0.5, 0.6) is 0 Å². The third-order valence-electron chi connectivity index (χ3n) is 3.88. The number of aromatic nitrogens is 2. The van der Waals surface area contributed by atoms with Gasteiger partial charge in [-0.1, -0.05) is 66.2 Å². The first-order valence-electron chi connectivity index (χ1n) is 7.78. The molecule has 24 heavy (non-hydrogen) atoms. The van der Waals surface area contributed by atoms with Crippen molar-refractivity contribution in [2.45, 2.75) is 0 Å². The molecule has 1 heterocycles. The Hall–Kier alpha value is -2.84. The van der Waals surface area contributed by atoms with Crippen LogP contribution in [0.25, 0.3) is 28.9 Å². The van der Waals surface area contributed by atoms with Gasteiger partial charge in [0.25, 0.3) is 0 Å². The molecule has 0 amide bonds. The molecule has 0 fully saturated rings. The zero-order valence-corrected chi connectivity index (χ0v) is 13.7. The van der Waals surface area contributed by atoms with Crippen LogP contribution in [0, 0.1) is 0 Å². The molecule has 4 aromatic rings. The molecule has 4 rings (SSSR count). The van der Waals surface area contributed by atoms with Crippen molar-refractivity contribution in [2.75, 3.05) is 0 Å². The molecule has 0 saturated heterocycles. The largest absolute Gasteiger partial charge is 0.293 e. The Morgan fingerprint density at radius 2 is 1.50 bits per heavy atom. The normalized spacial score (nSPS) is 11.4. The summed E-state index contributed by atoms with van der Waals surface area (Å²) < 4.78 is 2.14. The Kier molecular flexibility index (Phi) is 3.89. The van der Waals surface area contributed by atoms with Gasteiger partial charge < -0.3 is 0 Å². The second-order valence-electron chi connectivity index (χ2n) is 5.52. The lowest BCUT2D eigenvalue weighted by Gasteiger charge is -2.07. The molecule has 0 atom stereocenters. The number of fused-ring (bicyclic) bond motifs is 1. The van der Waals surface area contributed by atoms with Gasteiger partial charge in [-0.3, -0.25) is 4.57 Å². The van der Waals surface area contributed by atoms with Gasteiger partial charge in [-0.25, -0.2) is 4.98 Å². The Morgan fingerprint density at radius 1 is 0.792 bits per heavy atom. The van der Waals surface area contributed by atoms with Crippen LogP contribution in [-0.4, -0.2) is 9.55 Å². The maximum absolute atomic E-state index is 6.13. The van der Waals surface area contributed by atoms with Gasteiger partial charge in [0.1, 0.15) is 5.82 Å². The van der Waals surface area contributed by atoms with E-state index in [1.54, 1.807) is 0 Å². The molecule has 0 radical (unpaired) electrons. The van der Waals surface area contributed by atoms with Crippen LogP contribution in [0.4, 0.5) is 0 Å². The average molecular weight is 331 g/mol. The minimum Gasteiger partial charge on any atom is -0.293 e. The van der Waals surface area contributed by atoms with Crippen molar-refractivity contribution in [2.24, 2.45) is 0 Å². The molecular weight excluding hydrogens is 316 g/mol. The van der Waals surface area contributed by atoms with Crippen molar-refractivity contribution in [3.8, 4) is 5.69 Å². The van der Waals surface area contributed by atoms with Gasteiger partial charge in [-0.2, -0.15) is 0 Å². The van der Waals surface area contributed by atoms with Gasteiger partial charge in [0.15, 0.2) is 0 Å². The fourth-order valence-corrected chi connectivity index (χ4v) is 2.93. The fraction of sp³-hybridized carbons (Fsp3) is 0. The van der Waals surface area contributed by atoms with Crippen LogP contribution in [0.1, 0.15) is 11.4 Å². The van der Waals surface area contributed by atoms with Gasteiger partial charge >= 0.3 is 0 Å². The summed E-state index contributed by atoms with van der Waals surface area (Å²) in [4.78, 5) is 4.76. The van der Waals surface area contributed by atoms with E-state index < -0.39 is 0 Å². The molecule has 0 saturated carbocycles. The van der Waals surface area contributed by atoms with E-state index in [0.29, 0.717) is 5.02 Å². The molecule has 3 aromatic carbocycles. The summed E-state index contributed by atoms with van der Waals surface area (Å²) in [6, 6.07) is 26.3. The van der Waals surface area contributed by atoms with E-state index in [-0.39, 0.29) is 0 Å². The van der Waals surface area contributed by atoms with Gasteiger partial charge in [0.05, 0.1) is 11.0 Å². The Balaban J connectivity index is 1.89. The van der Waals surface area contributed by atoms with E-state index in [2.05, 4.69) is 34.9 Å². The molecule has 0 unspecified atom stereocenters. The first kappa shape index (κ1) is 14.7. The predicted octanol–water partition coefficient (Wildman–Crippen LogP) is 5.85. The third-order valence-corrected chi connectivity index (χ3v) is 4.12. The van der Waals surface area contributed by atoms with E-state index >= 15 is 0 Å². The van der Waals surface area contributed by atoms with E-state index in [4.69, 9.17) is 16.6 Å². The molecule has 0 aliphatic heterocycles. The Morgan fingerprint density at radius 3 is 2.25 bits per heavy atom. The van der Waals surface area contributed by atoms with Crippen molar-refractivity contribution in [1.29, 1.82) is 0 Å². The number of hydrogen-bond donors (Lipinski definition) is 0. The predicted molar refractivity (Wildman–Crippen MR) is 101 cm³/mol. The maximum atomic E-state index is 6.13. The summed E-state index contributed by atoms with van der Waals surface area (Å²) in [7, 11) is 0. The zero-order valence-electron chi connectivity index (χ0n) is 12.9. The smallest absolute Gasteiger partial charge is 0.138 e. The molecule has 116 valence electrons. The maximum Gasteiger partial charge on any atom is 0.138 e. The number of halogens is 1. The summed E-state index contributed by atoms with van der Waals surface area (Å²) in [6.45, 7) is 0. The Labute approximate surface area is 145 Å². The Bertz CT molecular complexity index is 1000. The standard InChI is InChI=1S/C21H15ClN2/c22-17-12-13-20-19(15-17)23-21(14-11-16-7-3-1-4-8-16)24(20)18-9-5-2-6-10-18/h1-15H. The molecular formula is C21H15ClN2.